The Balaban J connectivity index is 2.65. The third kappa shape index (κ3) is 1.93. The molecule has 0 radical (unpaired) electrons. The number of nitrogens with zero attached hydrogens (tertiary/aromatic N) is 1. The van der Waals surface area contributed by atoms with Gasteiger partial charge in [0.15, 0.2) is 5.58 Å². The van der Waals surface area contributed by atoms with E-state index in [0.717, 1.165) is 16.7 Å². The molecule has 0 spiro atoms. The maximum atomic E-state index is 6.24. The average Bonchev–Trinajstić information content (AvgIpc) is 2.59. The van der Waals surface area contributed by atoms with Crippen LogP contribution in [0.1, 0.15) is 44.7 Å². The first-order valence-corrected chi connectivity index (χ1v) is 6.30. The van der Waals surface area contributed by atoms with Crippen molar-refractivity contribution in [3.63, 3.8) is 0 Å². The Kier molecular flexibility index (Phi) is 2.78. The summed E-state index contributed by atoms with van der Waals surface area (Å²) in [4.78, 5) is 4.63. The highest BCUT2D eigenvalue weighted by Crippen LogP contribution is 2.35. The molecule has 18 heavy (non-hydrogen) atoms. The molecule has 0 amide bonds. The Hall–Kier alpha value is -1.35. The zero-order valence-electron chi connectivity index (χ0n) is 12.1. The van der Waals surface area contributed by atoms with E-state index in [-0.39, 0.29) is 5.41 Å². The molecule has 3 heteroatoms. The zero-order valence-corrected chi connectivity index (χ0v) is 12.1. The van der Waals surface area contributed by atoms with Crippen molar-refractivity contribution in [2.45, 2.75) is 52.5 Å². The van der Waals surface area contributed by atoms with E-state index in [2.05, 4.69) is 37.9 Å². The number of rotatable bonds is 2. The van der Waals surface area contributed by atoms with Gasteiger partial charge in [-0.1, -0.05) is 6.07 Å². The van der Waals surface area contributed by atoms with Crippen molar-refractivity contribution in [1.29, 1.82) is 0 Å². The van der Waals surface area contributed by atoms with Crippen LogP contribution in [0.25, 0.3) is 11.1 Å². The van der Waals surface area contributed by atoms with Crippen LogP contribution in [0.4, 0.5) is 0 Å². The molecule has 0 fully saturated rings. The molecule has 1 heterocycles. The second-order valence-corrected chi connectivity index (χ2v) is 6.30. The lowest BCUT2D eigenvalue weighted by atomic mass is 9.75. The summed E-state index contributed by atoms with van der Waals surface area (Å²) in [7, 11) is 0. The summed E-state index contributed by atoms with van der Waals surface area (Å²) in [5.41, 5.74) is 9.63. The van der Waals surface area contributed by atoms with Crippen LogP contribution < -0.4 is 5.73 Å². The number of hydrogen-bond acceptors (Lipinski definition) is 3. The summed E-state index contributed by atoms with van der Waals surface area (Å²) < 4.78 is 5.95. The minimum absolute atomic E-state index is 0.313. The number of hydrogen-bond donors (Lipinski definition) is 1. The number of aromatic nitrogens is 1. The van der Waals surface area contributed by atoms with Gasteiger partial charge in [-0.25, -0.2) is 4.98 Å². The smallest absolute Gasteiger partial charge is 0.202 e. The van der Waals surface area contributed by atoms with Crippen molar-refractivity contribution in [2.75, 3.05) is 0 Å². The van der Waals surface area contributed by atoms with Crippen molar-refractivity contribution >= 4 is 11.1 Å². The van der Waals surface area contributed by atoms with Crippen LogP contribution in [0.5, 0.6) is 0 Å². The fourth-order valence-corrected chi connectivity index (χ4v) is 1.92. The van der Waals surface area contributed by atoms with E-state index in [0.29, 0.717) is 5.89 Å². The molecule has 0 saturated heterocycles. The van der Waals surface area contributed by atoms with Gasteiger partial charge in [0.1, 0.15) is 5.52 Å². The van der Waals surface area contributed by atoms with Gasteiger partial charge in [0.25, 0.3) is 0 Å². The molecular formula is C15H22N2O. The molecule has 0 atom stereocenters. The lowest BCUT2D eigenvalue weighted by Gasteiger charge is -2.35. The maximum Gasteiger partial charge on any atom is 0.202 e. The first kappa shape index (κ1) is 13.1. The van der Waals surface area contributed by atoms with E-state index in [9.17, 15) is 0 Å². The summed E-state index contributed by atoms with van der Waals surface area (Å²) in [6.07, 6.45) is 0. The van der Waals surface area contributed by atoms with Gasteiger partial charge in [0, 0.05) is 5.54 Å². The van der Waals surface area contributed by atoms with Gasteiger partial charge in [-0.15, -0.1) is 0 Å². The van der Waals surface area contributed by atoms with Crippen LogP contribution in [-0.4, -0.2) is 10.5 Å². The minimum Gasteiger partial charge on any atom is -0.440 e. The molecule has 2 aromatic rings. The highest BCUT2D eigenvalue weighted by Gasteiger charge is 2.39. The van der Waals surface area contributed by atoms with Gasteiger partial charge in [-0.2, -0.15) is 0 Å². The lowest BCUT2D eigenvalue weighted by molar-refractivity contribution is 0.251. The molecule has 0 aliphatic rings. The van der Waals surface area contributed by atoms with Crippen LogP contribution in [0.15, 0.2) is 16.5 Å². The number of aryl methyl sites for hydroxylation is 2. The van der Waals surface area contributed by atoms with E-state index >= 15 is 0 Å². The van der Waals surface area contributed by atoms with Crippen LogP contribution in [-0.2, 0) is 5.41 Å². The first-order valence-electron chi connectivity index (χ1n) is 6.30. The molecule has 2 N–H and O–H groups in total. The molecule has 1 aromatic heterocycles. The van der Waals surface area contributed by atoms with Crippen LogP contribution >= 0.6 is 0 Å². The predicted molar refractivity (Wildman–Crippen MR) is 74.8 cm³/mol. The fraction of sp³-hybridized carbons (Fsp3) is 0.533. The number of benzene rings is 1. The van der Waals surface area contributed by atoms with Crippen molar-refractivity contribution in [1.82, 2.24) is 4.98 Å². The third-order valence-corrected chi connectivity index (χ3v) is 3.97. The maximum absolute atomic E-state index is 6.24. The number of oxazole rings is 1. The Morgan fingerprint density at radius 1 is 1.11 bits per heavy atom. The average molecular weight is 246 g/mol. The van der Waals surface area contributed by atoms with E-state index in [1.54, 1.807) is 0 Å². The molecule has 0 unspecified atom stereocenters. The summed E-state index contributed by atoms with van der Waals surface area (Å²) in [6, 6.07) is 4.16. The highest BCUT2D eigenvalue weighted by atomic mass is 16.3. The minimum atomic E-state index is -0.392. The topological polar surface area (TPSA) is 52.0 Å². The Bertz CT molecular complexity index is 588. The molecule has 3 nitrogen and oxygen atoms in total. The lowest BCUT2D eigenvalue weighted by Crippen LogP contribution is -2.50. The van der Waals surface area contributed by atoms with Crippen molar-refractivity contribution in [3.05, 3.63) is 29.2 Å². The van der Waals surface area contributed by atoms with Gasteiger partial charge in [-0.3, -0.25) is 0 Å². The van der Waals surface area contributed by atoms with E-state index in [4.69, 9.17) is 10.2 Å². The second-order valence-electron chi connectivity index (χ2n) is 6.30. The van der Waals surface area contributed by atoms with Crippen molar-refractivity contribution in [3.8, 4) is 0 Å². The largest absolute Gasteiger partial charge is 0.440 e. The number of nitrogens with two attached hydrogens (primary N) is 1. The Morgan fingerprint density at radius 2 is 1.72 bits per heavy atom. The number of fused-ring (bicyclic) bond motifs is 1. The quantitative estimate of drug-likeness (QED) is 0.882. The molecule has 0 bridgehead atoms. The van der Waals surface area contributed by atoms with Crippen LogP contribution in [0.3, 0.4) is 0 Å². The molecular weight excluding hydrogens is 224 g/mol. The zero-order chi connectivity index (χ0) is 13.7. The first-order chi connectivity index (χ1) is 8.13. The SMILES string of the molecule is Cc1cc(C)c2oc(C(C)(C)C(C)(C)N)nc2c1. The normalized spacial score (nSPS) is 13.3. The predicted octanol–water partition coefficient (Wildman–Crippen LogP) is 3.46. The molecule has 98 valence electrons. The summed E-state index contributed by atoms with van der Waals surface area (Å²) in [6.45, 7) is 12.3. The summed E-state index contributed by atoms with van der Waals surface area (Å²) >= 11 is 0. The van der Waals surface area contributed by atoms with Gasteiger partial charge in [0.2, 0.25) is 5.89 Å². The summed E-state index contributed by atoms with van der Waals surface area (Å²) in [5.74, 6) is 0.707. The van der Waals surface area contributed by atoms with Gasteiger partial charge in [0.05, 0.1) is 5.41 Å². The monoisotopic (exact) mass is 246 g/mol. The molecule has 0 saturated carbocycles. The highest BCUT2D eigenvalue weighted by molar-refractivity contribution is 5.77. The molecule has 1 aromatic carbocycles. The summed E-state index contributed by atoms with van der Waals surface area (Å²) in [5, 5.41) is 0. The van der Waals surface area contributed by atoms with E-state index < -0.39 is 5.54 Å². The van der Waals surface area contributed by atoms with Crippen LogP contribution in [0.2, 0.25) is 0 Å². The van der Waals surface area contributed by atoms with Crippen LogP contribution in [0, 0.1) is 13.8 Å². The van der Waals surface area contributed by atoms with Gasteiger partial charge in [-0.05, 0) is 58.7 Å². The molecule has 2 rings (SSSR count). The second kappa shape index (κ2) is 3.82. The van der Waals surface area contributed by atoms with Gasteiger partial charge >= 0.3 is 0 Å². The van der Waals surface area contributed by atoms with E-state index in [1.807, 2.05) is 20.8 Å². The standard InChI is InChI=1S/C15H22N2O/c1-9-7-10(2)12-11(8-9)17-13(18-12)14(3,4)15(5,6)16/h7-8H,16H2,1-6H3. The fourth-order valence-electron chi connectivity index (χ4n) is 1.92. The van der Waals surface area contributed by atoms with E-state index in [1.165, 1.54) is 5.56 Å². The van der Waals surface area contributed by atoms with Crippen molar-refractivity contribution < 1.29 is 4.42 Å². The Morgan fingerprint density at radius 3 is 2.28 bits per heavy atom. The van der Waals surface area contributed by atoms with Crippen molar-refractivity contribution in [2.24, 2.45) is 5.73 Å². The van der Waals surface area contributed by atoms with Gasteiger partial charge < -0.3 is 10.2 Å². The Labute approximate surface area is 108 Å². The molecule has 0 aliphatic carbocycles. The third-order valence-electron chi connectivity index (χ3n) is 3.97. The molecule has 0 aliphatic heterocycles.